The average molecular weight is 560 g/mol. The summed E-state index contributed by atoms with van der Waals surface area (Å²) in [5.74, 6) is -1.59. The smallest absolute Gasteiger partial charge is 0.307 e. The highest BCUT2D eigenvalue weighted by molar-refractivity contribution is 7.09. The van der Waals surface area contributed by atoms with Crippen LogP contribution in [0.2, 0.25) is 0 Å². The van der Waals surface area contributed by atoms with E-state index >= 15 is 0 Å². The van der Waals surface area contributed by atoms with E-state index in [9.17, 15) is 19.5 Å². The van der Waals surface area contributed by atoms with Crippen LogP contribution in [-0.2, 0) is 25.5 Å². The van der Waals surface area contributed by atoms with Crippen molar-refractivity contribution in [2.45, 2.75) is 97.9 Å². The number of aliphatic hydroxyl groups is 1. The van der Waals surface area contributed by atoms with Gasteiger partial charge in [-0.1, -0.05) is 58.0 Å². The van der Waals surface area contributed by atoms with Crippen LogP contribution in [0.25, 0.3) is 0 Å². The lowest BCUT2D eigenvalue weighted by Gasteiger charge is -2.29. The van der Waals surface area contributed by atoms with Crippen molar-refractivity contribution in [3.05, 3.63) is 52.5 Å². The predicted molar refractivity (Wildman–Crippen MR) is 154 cm³/mol. The second-order valence-corrected chi connectivity index (χ2v) is 12.9. The van der Waals surface area contributed by atoms with Crippen molar-refractivity contribution in [1.29, 1.82) is 0 Å². The summed E-state index contributed by atoms with van der Waals surface area (Å²) in [5.41, 5.74) is 0.240. The molecule has 2 aromatic rings. The first kappa shape index (κ1) is 32.4. The highest BCUT2D eigenvalue weighted by Crippen LogP contribution is 2.24. The quantitative estimate of drug-likeness (QED) is 0.286. The van der Waals surface area contributed by atoms with Crippen LogP contribution in [0.5, 0.6) is 0 Å². The number of ether oxygens (including phenoxy) is 1. The van der Waals surface area contributed by atoms with Crippen LogP contribution in [0, 0.1) is 17.8 Å². The Morgan fingerprint density at radius 2 is 1.62 bits per heavy atom. The molecule has 0 unspecified atom stereocenters. The highest BCUT2D eigenvalue weighted by atomic mass is 32.1. The molecule has 2 amide bonds. The highest BCUT2D eigenvalue weighted by Gasteiger charge is 2.32. The maximum atomic E-state index is 13.6. The number of carbonyl (C=O) groups is 3. The number of aromatic nitrogens is 1. The van der Waals surface area contributed by atoms with Crippen molar-refractivity contribution >= 4 is 29.1 Å². The van der Waals surface area contributed by atoms with Gasteiger partial charge in [0, 0.05) is 11.6 Å². The summed E-state index contributed by atoms with van der Waals surface area (Å²) in [6.45, 7) is 13.3. The standard InChI is InChI=1S/C30H45N3O5S/c1-19(2)15-23(26(35)29-31-13-14-39-29)32-28(37)24(16-20(3)4)33-27(36)22(17-21-11-9-8-10-12-21)18-25(34)38-30(5,6)7/h8-14,19-20,22-24,26,35H,15-18H2,1-7H3,(H,32,37)(H,33,36)/t22-,23+,24-,26-/m0/s1. The van der Waals surface area contributed by atoms with E-state index in [1.54, 1.807) is 32.3 Å². The van der Waals surface area contributed by atoms with Crippen LogP contribution in [0.3, 0.4) is 0 Å². The van der Waals surface area contributed by atoms with Gasteiger partial charge in [0.05, 0.1) is 18.4 Å². The minimum absolute atomic E-state index is 0.104. The molecule has 39 heavy (non-hydrogen) atoms. The Labute approximate surface area is 237 Å². The minimum Gasteiger partial charge on any atom is -0.460 e. The zero-order chi connectivity index (χ0) is 29.2. The van der Waals surface area contributed by atoms with E-state index in [1.165, 1.54) is 11.3 Å². The molecule has 0 aliphatic heterocycles. The third kappa shape index (κ3) is 11.9. The van der Waals surface area contributed by atoms with Crippen molar-refractivity contribution in [2.24, 2.45) is 17.8 Å². The lowest BCUT2D eigenvalue weighted by atomic mass is 9.93. The first-order valence-electron chi connectivity index (χ1n) is 13.7. The Morgan fingerprint density at radius 1 is 0.974 bits per heavy atom. The number of hydrogen-bond acceptors (Lipinski definition) is 7. The van der Waals surface area contributed by atoms with Gasteiger partial charge >= 0.3 is 5.97 Å². The van der Waals surface area contributed by atoms with Crippen LogP contribution in [0.1, 0.15) is 84.4 Å². The fourth-order valence-corrected chi connectivity index (χ4v) is 5.03. The Kier molecular flexibility index (Phi) is 12.6. The molecule has 0 aliphatic carbocycles. The summed E-state index contributed by atoms with van der Waals surface area (Å²) in [7, 11) is 0. The molecule has 1 aromatic carbocycles. The summed E-state index contributed by atoms with van der Waals surface area (Å²) in [6.07, 6.45) is 1.85. The molecule has 1 heterocycles. The van der Waals surface area contributed by atoms with Crippen LogP contribution in [-0.4, -0.2) is 45.6 Å². The second-order valence-electron chi connectivity index (χ2n) is 11.9. The third-order valence-corrected chi connectivity index (χ3v) is 6.85. The fourth-order valence-electron chi connectivity index (χ4n) is 4.34. The summed E-state index contributed by atoms with van der Waals surface area (Å²) in [5, 5.41) is 19.2. The SMILES string of the molecule is CC(C)C[C@H](NC(=O)[C@H](CC(=O)OC(C)(C)C)Cc1ccccc1)C(=O)N[C@H](CC(C)C)[C@H](O)c1nccs1. The Morgan fingerprint density at radius 3 is 2.15 bits per heavy atom. The van der Waals surface area contributed by atoms with Crippen molar-refractivity contribution in [1.82, 2.24) is 15.6 Å². The van der Waals surface area contributed by atoms with E-state index in [1.807, 2.05) is 58.0 Å². The fraction of sp³-hybridized carbons (Fsp3) is 0.600. The van der Waals surface area contributed by atoms with Gasteiger partial charge in [-0.15, -0.1) is 11.3 Å². The van der Waals surface area contributed by atoms with E-state index in [4.69, 9.17) is 4.74 Å². The largest absolute Gasteiger partial charge is 0.460 e. The molecule has 8 nitrogen and oxygen atoms in total. The number of nitrogens with one attached hydrogen (secondary N) is 2. The van der Waals surface area contributed by atoms with Gasteiger partial charge in [-0.25, -0.2) is 4.98 Å². The summed E-state index contributed by atoms with van der Waals surface area (Å²) < 4.78 is 5.49. The summed E-state index contributed by atoms with van der Waals surface area (Å²) >= 11 is 1.33. The van der Waals surface area contributed by atoms with Crippen molar-refractivity contribution in [3.8, 4) is 0 Å². The number of thiazole rings is 1. The summed E-state index contributed by atoms with van der Waals surface area (Å²) in [6, 6.07) is 8.09. The predicted octanol–water partition coefficient (Wildman–Crippen LogP) is 4.83. The number of rotatable bonds is 14. The molecular weight excluding hydrogens is 514 g/mol. The molecule has 0 saturated carbocycles. The molecule has 0 spiro atoms. The van der Waals surface area contributed by atoms with Gasteiger partial charge in [-0.05, 0) is 57.4 Å². The van der Waals surface area contributed by atoms with Crippen LogP contribution >= 0.6 is 11.3 Å². The monoisotopic (exact) mass is 559 g/mol. The molecule has 9 heteroatoms. The van der Waals surface area contributed by atoms with Gasteiger partial charge in [-0.3, -0.25) is 14.4 Å². The number of esters is 1. The molecule has 3 N–H and O–H groups in total. The van der Waals surface area contributed by atoms with Crippen LogP contribution in [0.4, 0.5) is 0 Å². The number of benzene rings is 1. The summed E-state index contributed by atoms with van der Waals surface area (Å²) in [4.78, 5) is 44.0. The number of carbonyl (C=O) groups excluding carboxylic acids is 3. The molecule has 0 aliphatic rings. The maximum absolute atomic E-state index is 13.6. The lowest BCUT2D eigenvalue weighted by molar-refractivity contribution is -0.157. The Bertz CT molecular complexity index is 1030. The maximum Gasteiger partial charge on any atom is 0.307 e. The number of aliphatic hydroxyl groups excluding tert-OH is 1. The molecular formula is C30H45N3O5S. The molecule has 0 bridgehead atoms. The van der Waals surface area contributed by atoms with E-state index < -0.39 is 35.7 Å². The molecule has 0 saturated heterocycles. The van der Waals surface area contributed by atoms with Gasteiger partial charge in [-0.2, -0.15) is 0 Å². The van der Waals surface area contributed by atoms with Crippen molar-refractivity contribution < 1.29 is 24.2 Å². The van der Waals surface area contributed by atoms with E-state index in [2.05, 4.69) is 15.6 Å². The molecule has 0 radical (unpaired) electrons. The second kappa shape index (κ2) is 15.1. The average Bonchev–Trinajstić information content (AvgIpc) is 3.36. The number of nitrogens with zero attached hydrogens (tertiary/aromatic N) is 1. The number of hydrogen-bond donors (Lipinski definition) is 3. The molecule has 216 valence electrons. The zero-order valence-corrected chi connectivity index (χ0v) is 25.1. The third-order valence-electron chi connectivity index (χ3n) is 6.01. The van der Waals surface area contributed by atoms with E-state index in [0.717, 1.165) is 5.56 Å². The van der Waals surface area contributed by atoms with Crippen molar-refractivity contribution in [2.75, 3.05) is 0 Å². The van der Waals surface area contributed by atoms with Gasteiger partial charge in [0.2, 0.25) is 11.8 Å². The molecule has 2 rings (SSSR count). The van der Waals surface area contributed by atoms with E-state index in [-0.39, 0.29) is 30.1 Å². The zero-order valence-electron chi connectivity index (χ0n) is 24.3. The van der Waals surface area contributed by atoms with Gasteiger partial charge in [0.15, 0.2) is 0 Å². The lowest BCUT2D eigenvalue weighted by Crippen LogP contribution is -2.53. The molecule has 4 atom stereocenters. The first-order valence-corrected chi connectivity index (χ1v) is 14.6. The topological polar surface area (TPSA) is 118 Å². The Hall–Kier alpha value is -2.78. The van der Waals surface area contributed by atoms with Crippen LogP contribution in [0.15, 0.2) is 41.9 Å². The van der Waals surface area contributed by atoms with Gasteiger partial charge in [0.1, 0.15) is 22.8 Å². The number of amides is 2. The van der Waals surface area contributed by atoms with E-state index in [0.29, 0.717) is 24.3 Å². The van der Waals surface area contributed by atoms with Crippen LogP contribution < -0.4 is 10.6 Å². The van der Waals surface area contributed by atoms with Crippen molar-refractivity contribution in [3.63, 3.8) is 0 Å². The minimum atomic E-state index is -0.954. The first-order chi connectivity index (χ1) is 18.2. The Balaban J connectivity index is 2.23. The molecule has 0 fully saturated rings. The normalized spacial score (nSPS) is 14.9. The van der Waals surface area contributed by atoms with Gasteiger partial charge in [0.25, 0.3) is 0 Å². The van der Waals surface area contributed by atoms with Gasteiger partial charge < -0.3 is 20.5 Å². The molecule has 1 aromatic heterocycles.